The first-order valence-electron chi connectivity index (χ1n) is 6.49. The van der Waals surface area contributed by atoms with Crippen LogP contribution in [0.1, 0.15) is 21.5 Å². The van der Waals surface area contributed by atoms with Gasteiger partial charge in [-0.1, -0.05) is 0 Å². The predicted molar refractivity (Wildman–Crippen MR) is 66.8 cm³/mol. The summed E-state index contributed by atoms with van der Waals surface area (Å²) in [7, 11) is 0. The van der Waals surface area contributed by atoms with Crippen LogP contribution in [0.4, 0.5) is 39.5 Å². The fourth-order valence-corrected chi connectivity index (χ4v) is 1.85. The summed E-state index contributed by atoms with van der Waals surface area (Å²) < 4.78 is 121. The van der Waals surface area contributed by atoms with Gasteiger partial charge in [-0.25, -0.2) is 31.1 Å². The van der Waals surface area contributed by atoms with E-state index in [0.29, 0.717) is 12.1 Å². The molecule has 0 aliphatic carbocycles. The van der Waals surface area contributed by atoms with Crippen LogP contribution in [0.2, 0.25) is 0 Å². The summed E-state index contributed by atoms with van der Waals surface area (Å²) in [4.78, 5) is 11.6. The Bertz CT molecular complexity index is 845. The topological polar surface area (TPSA) is 26.3 Å². The second-order valence-electron chi connectivity index (χ2n) is 4.82. The minimum Gasteiger partial charge on any atom is -0.457 e. The van der Waals surface area contributed by atoms with E-state index in [2.05, 4.69) is 4.74 Å². The highest BCUT2D eigenvalue weighted by Crippen LogP contribution is 2.31. The minimum atomic E-state index is -4.93. The Hall–Kier alpha value is -2.72. The van der Waals surface area contributed by atoms with Crippen LogP contribution in [-0.2, 0) is 17.5 Å². The molecule has 0 aliphatic heterocycles. The molecule has 0 unspecified atom stereocenters. The number of hydrogen-bond acceptors (Lipinski definition) is 2. The van der Waals surface area contributed by atoms with Gasteiger partial charge in [0.2, 0.25) is 5.82 Å². The summed E-state index contributed by atoms with van der Waals surface area (Å²) in [5, 5.41) is 0. The van der Waals surface area contributed by atoms with Crippen LogP contribution in [0.25, 0.3) is 0 Å². The van der Waals surface area contributed by atoms with Gasteiger partial charge in [0.25, 0.3) is 0 Å². The van der Waals surface area contributed by atoms with Gasteiger partial charge in [-0.15, -0.1) is 0 Å². The molecule has 0 atom stereocenters. The first-order valence-corrected chi connectivity index (χ1v) is 6.49. The van der Waals surface area contributed by atoms with Crippen LogP contribution in [0.5, 0.6) is 0 Å². The van der Waals surface area contributed by atoms with Crippen LogP contribution < -0.4 is 0 Å². The van der Waals surface area contributed by atoms with Gasteiger partial charge in [-0.3, -0.25) is 0 Å². The molecule has 0 amide bonds. The van der Waals surface area contributed by atoms with Gasteiger partial charge in [-0.2, -0.15) is 13.2 Å². The Morgan fingerprint density at radius 2 is 1.35 bits per heavy atom. The molecule has 0 N–H and O–H groups in total. The van der Waals surface area contributed by atoms with Crippen molar-refractivity contribution in [1.29, 1.82) is 0 Å². The minimum absolute atomic E-state index is 0.0796. The zero-order chi connectivity index (χ0) is 19.8. The number of esters is 1. The number of carbonyl (C=O) groups excluding carboxylic acids is 1. The molecule has 0 saturated heterocycles. The van der Waals surface area contributed by atoms with Crippen LogP contribution in [0.15, 0.2) is 18.2 Å². The zero-order valence-electron chi connectivity index (χ0n) is 12.2. The molecular formula is C15H5F9O2. The molecule has 2 aromatic carbocycles. The molecule has 0 spiro atoms. The van der Waals surface area contributed by atoms with Gasteiger partial charge in [0, 0.05) is 0 Å². The number of rotatable bonds is 3. The Balaban J connectivity index is 2.31. The smallest absolute Gasteiger partial charge is 0.416 e. The summed E-state index contributed by atoms with van der Waals surface area (Å²) in [6.07, 6.45) is -4.93. The lowest BCUT2D eigenvalue weighted by molar-refractivity contribution is -0.137. The Morgan fingerprint density at radius 1 is 0.846 bits per heavy atom. The van der Waals surface area contributed by atoms with Crippen molar-refractivity contribution in [3.63, 3.8) is 0 Å². The van der Waals surface area contributed by atoms with Gasteiger partial charge in [-0.05, 0) is 18.2 Å². The van der Waals surface area contributed by atoms with Crippen LogP contribution in [0, 0.1) is 34.9 Å². The molecule has 2 nitrogen and oxygen atoms in total. The molecule has 26 heavy (non-hydrogen) atoms. The van der Waals surface area contributed by atoms with Crippen molar-refractivity contribution in [2.45, 2.75) is 12.8 Å². The van der Waals surface area contributed by atoms with Gasteiger partial charge in [0.05, 0.1) is 16.7 Å². The maximum absolute atomic E-state index is 13.5. The molecule has 2 aromatic rings. The monoisotopic (exact) mass is 388 g/mol. The van der Waals surface area contributed by atoms with Crippen molar-refractivity contribution < 1.29 is 49.0 Å². The van der Waals surface area contributed by atoms with E-state index >= 15 is 0 Å². The van der Waals surface area contributed by atoms with Gasteiger partial charge in [0.1, 0.15) is 12.4 Å². The fraction of sp³-hybridized carbons (Fsp3) is 0.133. The van der Waals surface area contributed by atoms with Gasteiger partial charge >= 0.3 is 12.1 Å². The van der Waals surface area contributed by atoms with E-state index in [1.165, 1.54) is 0 Å². The first kappa shape index (κ1) is 19.6. The summed E-state index contributed by atoms with van der Waals surface area (Å²) >= 11 is 0. The highest BCUT2D eigenvalue weighted by atomic mass is 19.4. The number of benzene rings is 2. The quantitative estimate of drug-likeness (QED) is 0.324. The molecule has 140 valence electrons. The lowest BCUT2D eigenvalue weighted by atomic mass is 10.1. The van der Waals surface area contributed by atoms with Crippen molar-refractivity contribution >= 4 is 5.97 Å². The second kappa shape index (κ2) is 6.89. The van der Waals surface area contributed by atoms with Crippen LogP contribution in [-0.4, -0.2) is 5.97 Å². The molecular weight excluding hydrogens is 383 g/mol. The fourth-order valence-electron chi connectivity index (χ4n) is 1.85. The molecule has 0 heterocycles. The van der Waals surface area contributed by atoms with Crippen molar-refractivity contribution in [2.24, 2.45) is 0 Å². The maximum Gasteiger partial charge on any atom is 0.416 e. The van der Waals surface area contributed by atoms with Gasteiger partial charge < -0.3 is 4.74 Å². The highest BCUT2D eigenvalue weighted by Gasteiger charge is 2.32. The lowest BCUT2D eigenvalue weighted by Crippen LogP contribution is -2.14. The van der Waals surface area contributed by atoms with E-state index in [1.807, 2.05) is 0 Å². The highest BCUT2D eigenvalue weighted by molar-refractivity contribution is 5.90. The molecule has 0 fully saturated rings. The molecule has 0 bridgehead atoms. The number of hydrogen-bond donors (Lipinski definition) is 0. The lowest BCUT2D eigenvalue weighted by Gasteiger charge is -2.11. The predicted octanol–water partition coefficient (Wildman–Crippen LogP) is 4.90. The first-order chi connectivity index (χ1) is 11.9. The van der Waals surface area contributed by atoms with Gasteiger partial charge in [0.15, 0.2) is 23.3 Å². The average molecular weight is 388 g/mol. The zero-order valence-corrected chi connectivity index (χ0v) is 12.2. The summed E-state index contributed by atoms with van der Waals surface area (Å²) in [5.41, 5.74) is -4.19. The standard InChI is InChI=1S/C15H5F9O2/c16-8-2-1-5(15(22,23)24)3-6(8)14(25)26-4-7-9(17)11(19)13(21)12(20)10(7)18/h1-3H,4H2. The van der Waals surface area contributed by atoms with Crippen LogP contribution in [0.3, 0.4) is 0 Å². The largest absolute Gasteiger partial charge is 0.457 e. The summed E-state index contributed by atoms with van der Waals surface area (Å²) in [6.45, 7) is -1.53. The number of carbonyl (C=O) groups is 1. The Labute approximate surface area is 138 Å². The third-order valence-electron chi connectivity index (χ3n) is 3.16. The number of ether oxygens (including phenoxy) is 1. The van der Waals surface area contributed by atoms with E-state index in [9.17, 15) is 44.3 Å². The van der Waals surface area contributed by atoms with E-state index in [-0.39, 0.29) is 6.07 Å². The second-order valence-corrected chi connectivity index (χ2v) is 4.82. The molecule has 11 heteroatoms. The third-order valence-corrected chi connectivity index (χ3v) is 3.16. The molecule has 0 aliphatic rings. The average Bonchev–Trinajstić information content (AvgIpc) is 2.57. The Kier molecular flexibility index (Phi) is 5.19. The SMILES string of the molecule is O=C(OCc1c(F)c(F)c(F)c(F)c1F)c1cc(C(F)(F)F)ccc1F. The van der Waals surface area contributed by atoms with E-state index in [1.54, 1.807) is 0 Å². The van der Waals surface area contributed by atoms with Crippen molar-refractivity contribution in [3.05, 3.63) is 69.8 Å². The molecule has 0 aromatic heterocycles. The molecule has 0 saturated carbocycles. The van der Waals surface area contributed by atoms with E-state index < -0.39 is 70.3 Å². The number of alkyl halides is 3. The molecule has 0 radical (unpaired) electrons. The summed E-state index contributed by atoms with van der Waals surface area (Å²) in [6, 6.07) is 0.712. The normalized spacial score (nSPS) is 11.6. The number of halogens is 9. The van der Waals surface area contributed by atoms with Crippen molar-refractivity contribution in [2.75, 3.05) is 0 Å². The third kappa shape index (κ3) is 3.60. The van der Waals surface area contributed by atoms with E-state index in [4.69, 9.17) is 0 Å². The van der Waals surface area contributed by atoms with Crippen molar-refractivity contribution in [3.8, 4) is 0 Å². The maximum atomic E-state index is 13.5. The summed E-state index contributed by atoms with van der Waals surface area (Å²) in [5.74, 6) is -14.9. The molecule has 2 rings (SSSR count). The van der Waals surface area contributed by atoms with Crippen molar-refractivity contribution in [1.82, 2.24) is 0 Å². The van der Waals surface area contributed by atoms with Crippen LogP contribution >= 0.6 is 0 Å². The Morgan fingerprint density at radius 3 is 1.85 bits per heavy atom. The van der Waals surface area contributed by atoms with E-state index in [0.717, 1.165) is 0 Å².